The highest BCUT2D eigenvalue weighted by atomic mass is 35.5. The van der Waals surface area contributed by atoms with E-state index in [1.54, 1.807) is 60.7 Å². The van der Waals surface area contributed by atoms with Crippen LogP contribution in [0.3, 0.4) is 0 Å². The van der Waals surface area contributed by atoms with Crippen molar-refractivity contribution in [3.05, 3.63) is 99.6 Å². The zero-order valence-electron chi connectivity index (χ0n) is 28.0. The summed E-state index contributed by atoms with van der Waals surface area (Å²) >= 11 is 12.7. The maximum Gasteiger partial charge on any atom is 0.305 e. The average molecular weight is 749 g/mol. The number of amides is 4. The van der Waals surface area contributed by atoms with E-state index in [9.17, 15) is 29.4 Å². The van der Waals surface area contributed by atoms with Crippen molar-refractivity contribution in [2.24, 2.45) is 23.7 Å². The van der Waals surface area contributed by atoms with Crippen LogP contribution in [-0.2, 0) is 29.4 Å². The number of anilines is 1. The molecule has 7 rings (SSSR count). The minimum Gasteiger partial charge on any atom is -0.497 e. The minimum absolute atomic E-state index is 0.0656. The number of carboxylic acid groups (broad SMARTS) is 1. The standard InChI is InChI=1S/C38H35Cl2N3O9/c1-51-23-9-4-21(5-10-23)38-28(35(48)43(37(38)50)41-30-13-6-22(39)18-29(30)40)19-27-25(33(38)20-2-7-24(8-3-20)52-17-16-44)11-12-26-32(27)36(49)42(34(26)47)15-14-31(45)46/h2-11,13,18,26-28,32-33,41,44H,12,14-17,19H2,1H3,(H,45,46). The highest BCUT2D eigenvalue weighted by Gasteiger charge is 2.70. The fraction of sp³-hybridized carbons (Fsp3) is 0.342. The molecule has 3 fully saturated rings. The van der Waals surface area contributed by atoms with Crippen molar-refractivity contribution >= 4 is 58.5 Å². The molecule has 2 saturated heterocycles. The molecule has 1 saturated carbocycles. The topological polar surface area (TPSA) is 163 Å². The highest BCUT2D eigenvalue weighted by molar-refractivity contribution is 6.36. The molecule has 0 bridgehead atoms. The number of nitrogens with one attached hydrogen (secondary N) is 1. The number of imide groups is 2. The SMILES string of the molecule is COc1ccc(C23C(=O)N(Nc4ccc(Cl)cc4Cl)C(=O)C2CC2C(=CCC4C(=O)N(CCC(=O)O)C(=O)C42)C3c2ccc(OCCO)cc2)cc1. The molecule has 4 aliphatic rings. The molecule has 6 atom stereocenters. The second kappa shape index (κ2) is 13.9. The van der Waals surface area contributed by atoms with Crippen molar-refractivity contribution in [3.63, 3.8) is 0 Å². The van der Waals surface area contributed by atoms with Crippen molar-refractivity contribution in [2.45, 2.75) is 30.6 Å². The number of aliphatic hydroxyl groups excluding tert-OH is 1. The van der Waals surface area contributed by atoms with Crippen molar-refractivity contribution in [2.75, 3.05) is 32.3 Å². The number of carboxylic acids is 1. The Morgan fingerprint density at radius 1 is 0.942 bits per heavy atom. The third-order valence-corrected chi connectivity index (χ3v) is 11.3. The van der Waals surface area contributed by atoms with Gasteiger partial charge in [0.15, 0.2) is 0 Å². The first-order valence-corrected chi connectivity index (χ1v) is 17.6. The fourth-order valence-corrected chi connectivity index (χ4v) is 9.08. The van der Waals surface area contributed by atoms with Crippen molar-refractivity contribution in [1.82, 2.24) is 9.91 Å². The van der Waals surface area contributed by atoms with Gasteiger partial charge in [-0.15, -0.1) is 0 Å². The number of allylic oxidation sites excluding steroid dienone is 2. The van der Waals surface area contributed by atoms with E-state index in [-0.39, 0.29) is 49.7 Å². The zero-order valence-corrected chi connectivity index (χ0v) is 29.5. The van der Waals surface area contributed by atoms with Gasteiger partial charge in [-0.1, -0.05) is 59.1 Å². The lowest BCUT2D eigenvalue weighted by molar-refractivity contribution is -0.143. The molecule has 270 valence electrons. The van der Waals surface area contributed by atoms with E-state index in [4.69, 9.17) is 32.7 Å². The summed E-state index contributed by atoms with van der Waals surface area (Å²) in [7, 11) is 1.53. The molecule has 0 spiro atoms. The number of likely N-dealkylation sites (tertiary alicyclic amines) is 1. The van der Waals surface area contributed by atoms with Gasteiger partial charge < -0.3 is 19.7 Å². The van der Waals surface area contributed by atoms with E-state index in [0.29, 0.717) is 27.6 Å². The normalized spacial score (nSPS) is 26.5. The van der Waals surface area contributed by atoms with Crippen LogP contribution >= 0.6 is 23.2 Å². The van der Waals surface area contributed by atoms with E-state index in [2.05, 4.69) is 5.43 Å². The van der Waals surface area contributed by atoms with Gasteiger partial charge in [-0.3, -0.25) is 34.3 Å². The van der Waals surface area contributed by atoms with Gasteiger partial charge in [-0.25, -0.2) is 0 Å². The van der Waals surface area contributed by atoms with Gasteiger partial charge >= 0.3 is 5.97 Å². The number of carbonyl (C=O) groups excluding carboxylic acids is 4. The molecule has 2 aliphatic carbocycles. The Labute approximate surface area is 308 Å². The first-order chi connectivity index (χ1) is 25.0. The van der Waals surface area contributed by atoms with Crippen molar-refractivity contribution < 1.29 is 43.7 Å². The van der Waals surface area contributed by atoms with Gasteiger partial charge in [0.05, 0.1) is 54.0 Å². The third kappa shape index (κ3) is 5.69. The molecule has 0 radical (unpaired) electrons. The molecule has 0 aromatic heterocycles. The first-order valence-electron chi connectivity index (χ1n) is 16.9. The summed E-state index contributed by atoms with van der Waals surface area (Å²) in [5, 5.41) is 20.2. The molecule has 6 unspecified atom stereocenters. The molecule has 4 amide bonds. The van der Waals surface area contributed by atoms with E-state index >= 15 is 4.79 Å². The van der Waals surface area contributed by atoms with Crippen LogP contribution in [0.4, 0.5) is 5.69 Å². The molecule has 3 aromatic rings. The van der Waals surface area contributed by atoms with Gasteiger partial charge in [-0.05, 0) is 72.4 Å². The number of aliphatic carboxylic acids is 1. The maximum absolute atomic E-state index is 15.3. The number of nitrogens with zero attached hydrogens (tertiary/aromatic N) is 2. The molecule has 2 aliphatic heterocycles. The molecule has 14 heteroatoms. The van der Waals surface area contributed by atoms with Crippen LogP contribution in [0.2, 0.25) is 10.0 Å². The third-order valence-electron chi connectivity index (χ3n) is 10.8. The molecule has 2 heterocycles. The number of hydrogen-bond donors (Lipinski definition) is 3. The van der Waals surface area contributed by atoms with E-state index in [1.165, 1.54) is 13.2 Å². The monoisotopic (exact) mass is 747 g/mol. The van der Waals surface area contributed by atoms with Gasteiger partial charge in [0.2, 0.25) is 11.8 Å². The van der Waals surface area contributed by atoms with Crippen LogP contribution in [0, 0.1) is 23.7 Å². The van der Waals surface area contributed by atoms with Crippen LogP contribution in [0.1, 0.15) is 36.3 Å². The quantitative estimate of drug-likeness (QED) is 0.183. The van der Waals surface area contributed by atoms with Crippen molar-refractivity contribution in [3.8, 4) is 11.5 Å². The summed E-state index contributed by atoms with van der Waals surface area (Å²) in [5.41, 5.74) is 3.66. The Hall–Kier alpha value is -4.91. The van der Waals surface area contributed by atoms with Gasteiger partial charge in [-0.2, -0.15) is 5.01 Å². The smallest absolute Gasteiger partial charge is 0.305 e. The second-order valence-electron chi connectivity index (χ2n) is 13.3. The second-order valence-corrected chi connectivity index (χ2v) is 14.2. The Morgan fingerprint density at radius 2 is 1.65 bits per heavy atom. The average Bonchev–Trinajstić information content (AvgIpc) is 3.51. The van der Waals surface area contributed by atoms with Gasteiger partial charge in [0.25, 0.3) is 11.8 Å². The lowest BCUT2D eigenvalue weighted by Crippen LogP contribution is -2.53. The van der Waals surface area contributed by atoms with Crippen LogP contribution < -0.4 is 14.9 Å². The minimum atomic E-state index is -1.54. The number of fused-ring (bicyclic) bond motifs is 4. The van der Waals surface area contributed by atoms with Gasteiger partial charge in [0.1, 0.15) is 18.1 Å². The largest absolute Gasteiger partial charge is 0.497 e. The number of hydrogen-bond acceptors (Lipinski definition) is 9. The Kier molecular flexibility index (Phi) is 9.49. The van der Waals surface area contributed by atoms with Crippen LogP contribution in [0.5, 0.6) is 11.5 Å². The maximum atomic E-state index is 15.3. The molecule has 12 nitrogen and oxygen atoms in total. The molecule has 3 aromatic carbocycles. The first kappa shape index (κ1) is 35.5. The number of aliphatic hydroxyl groups is 1. The molecular weight excluding hydrogens is 713 g/mol. The number of hydrazine groups is 1. The highest BCUT2D eigenvalue weighted by Crippen LogP contribution is 2.64. The molecule has 3 N–H and O–H groups in total. The van der Waals surface area contributed by atoms with E-state index in [0.717, 1.165) is 15.5 Å². The fourth-order valence-electron chi connectivity index (χ4n) is 8.63. The zero-order chi connectivity index (χ0) is 36.9. The Bertz CT molecular complexity index is 1990. The summed E-state index contributed by atoms with van der Waals surface area (Å²) in [4.78, 5) is 70.2. The lowest BCUT2D eigenvalue weighted by atomic mass is 9.49. The van der Waals surface area contributed by atoms with E-state index < -0.39 is 64.6 Å². The summed E-state index contributed by atoms with van der Waals surface area (Å²) in [6.45, 7) is -0.361. The Morgan fingerprint density at radius 3 is 2.31 bits per heavy atom. The summed E-state index contributed by atoms with van der Waals surface area (Å²) in [6, 6.07) is 18.7. The van der Waals surface area contributed by atoms with Crippen LogP contribution in [-0.4, -0.2) is 76.6 Å². The summed E-state index contributed by atoms with van der Waals surface area (Å²) in [5.74, 6) is -6.10. The summed E-state index contributed by atoms with van der Waals surface area (Å²) in [6.07, 6.45) is 1.80. The predicted octanol–water partition coefficient (Wildman–Crippen LogP) is 4.83. The number of carbonyl (C=O) groups is 5. The van der Waals surface area contributed by atoms with Crippen LogP contribution in [0.15, 0.2) is 78.4 Å². The van der Waals surface area contributed by atoms with Crippen LogP contribution in [0.25, 0.3) is 0 Å². The van der Waals surface area contributed by atoms with Gasteiger partial charge in [0, 0.05) is 17.5 Å². The number of ether oxygens (including phenoxy) is 2. The number of methoxy groups -OCH3 is 1. The van der Waals surface area contributed by atoms with Crippen molar-refractivity contribution in [1.29, 1.82) is 0 Å². The van der Waals surface area contributed by atoms with E-state index in [1.807, 2.05) is 6.08 Å². The number of rotatable bonds is 11. The molecular formula is C38H35Cl2N3O9. The Balaban J connectivity index is 1.41. The summed E-state index contributed by atoms with van der Waals surface area (Å²) < 4.78 is 11.1. The number of benzene rings is 3. The molecule has 52 heavy (non-hydrogen) atoms. The number of halogens is 2. The predicted molar refractivity (Wildman–Crippen MR) is 189 cm³/mol. The lowest BCUT2D eigenvalue weighted by Gasteiger charge is -2.50.